The van der Waals surface area contributed by atoms with Gasteiger partial charge in [-0.05, 0) is 16.4 Å². The van der Waals surface area contributed by atoms with Gasteiger partial charge in [0.25, 0.3) is 0 Å². The number of hydrogen-bond acceptors (Lipinski definition) is 4. The van der Waals surface area contributed by atoms with E-state index in [9.17, 15) is 4.79 Å². The molecule has 1 N–H and O–H groups in total. The first-order chi connectivity index (χ1) is 15.3. The summed E-state index contributed by atoms with van der Waals surface area (Å²) in [5.74, 6) is 0.716. The van der Waals surface area contributed by atoms with Gasteiger partial charge in [-0.3, -0.25) is 4.79 Å². The zero-order valence-corrected chi connectivity index (χ0v) is 20.0. The fourth-order valence-corrected chi connectivity index (χ4v) is 3.42. The van der Waals surface area contributed by atoms with Gasteiger partial charge in [-0.15, -0.1) is 9.24 Å². The second-order valence-corrected chi connectivity index (χ2v) is 8.73. The lowest BCUT2D eigenvalue weighted by molar-refractivity contribution is -0.131. The molecule has 0 aliphatic rings. The van der Waals surface area contributed by atoms with Crippen molar-refractivity contribution in [3.8, 4) is 0 Å². The lowest BCUT2D eigenvalue weighted by atomic mass is 10.1. The number of imidazole rings is 1. The summed E-state index contributed by atoms with van der Waals surface area (Å²) in [6.45, 7) is 7.31. The quantitative estimate of drug-likeness (QED) is 0.477. The number of nitrogens with one attached hydrogen (secondary N) is 1. The molecule has 3 aromatic rings. The van der Waals surface area contributed by atoms with E-state index >= 15 is 0 Å². The molecule has 2 aromatic carbocycles. The number of aromatic nitrogens is 2. The molecule has 0 bridgehead atoms. The van der Waals surface area contributed by atoms with Crippen molar-refractivity contribution in [1.82, 2.24) is 14.5 Å². The monoisotopic (exact) mass is 450 g/mol. The van der Waals surface area contributed by atoms with Crippen molar-refractivity contribution in [2.24, 2.45) is 5.92 Å². The molecule has 0 radical (unpaired) electrons. The second-order valence-electron chi connectivity index (χ2n) is 8.06. The molecule has 1 amide bonds. The highest BCUT2D eigenvalue weighted by molar-refractivity contribution is 7.27. The number of rotatable bonds is 10. The third-order valence-electron chi connectivity index (χ3n) is 5.19. The standard InChI is InChI=1S/C25H31N4O2P/c1-18(15-31-16-20-8-6-5-7-9-20)19(2)27-23-14-29(17-26-23)24(25(30)28(3)4)21-10-12-22(32)13-11-21/h5-14,17-18,24,27H,2,15-16,32H2,1,3-4H3. The Labute approximate surface area is 192 Å². The lowest BCUT2D eigenvalue weighted by Crippen LogP contribution is -2.32. The lowest BCUT2D eigenvalue weighted by Gasteiger charge is -2.22. The van der Waals surface area contributed by atoms with Crippen LogP contribution >= 0.6 is 9.24 Å². The number of nitrogens with zero attached hydrogens (tertiary/aromatic N) is 3. The fraction of sp³-hybridized carbons (Fsp3) is 0.280. The van der Waals surface area contributed by atoms with Crippen LogP contribution in [0.1, 0.15) is 24.1 Å². The first kappa shape index (κ1) is 23.7. The summed E-state index contributed by atoms with van der Waals surface area (Å²) in [6, 6.07) is 17.5. The van der Waals surface area contributed by atoms with Gasteiger partial charge in [0.05, 0.1) is 19.5 Å². The molecule has 3 atom stereocenters. The Balaban J connectivity index is 1.64. The molecule has 0 aliphatic heterocycles. The number of carbonyl (C=O) groups excluding carboxylic acids is 1. The van der Waals surface area contributed by atoms with Crippen molar-refractivity contribution < 1.29 is 9.53 Å². The molecule has 0 spiro atoms. The molecule has 7 heteroatoms. The number of ether oxygens (including phenoxy) is 1. The molecule has 0 saturated heterocycles. The van der Waals surface area contributed by atoms with Crippen LogP contribution in [0.15, 0.2) is 79.4 Å². The third-order valence-corrected chi connectivity index (χ3v) is 5.57. The van der Waals surface area contributed by atoms with Crippen molar-refractivity contribution in [1.29, 1.82) is 0 Å². The zero-order chi connectivity index (χ0) is 23.1. The number of benzene rings is 2. The van der Waals surface area contributed by atoms with E-state index in [4.69, 9.17) is 4.74 Å². The van der Waals surface area contributed by atoms with Crippen molar-refractivity contribution in [2.75, 3.05) is 26.0 Å². The molecular formula is C25H31N4O2P. The van der Waals surface area contributed by atoms with Gasteiger partial charge >= 0.3 is 0 Å². The Bertz CT molecular complexity index is 1030. The third kappa shape index (κ3) is 6.28. The van der Waals surface area contributed by atoms with Crippen LogP contribution in [0.25, 0.3) is 0 Å². The van der Waals surface area contributed by atoms with Gasteiger partial charge in [0.1, 0.15) is 11.9 Å². The van der Waals surface area contributed by atoms with Gasteiger partial charge in [0.15, 0.2) is 0 Å². The molecule has 1 aromatic heterocycles. The van der Waals surface area contributed by atoms with Crippen molar-refractivity contribution >= 4 is 26.3 Å². The summed E-state index contributed by atoms with van der Waals surface area (Å²) in [5, 5.41) is 4.33. The maximum atomic E-state index is 12.9. The first-order valence-corrected chi connectivity index (χ1v) is 11.1. The summed E-state index contributed by atoms with van der Waals surface area (Å²) in [6.07, 6.45) is 3.51. The van der Waals surface area contributed by atoms with E-state index < -0.39 is 6.04 Å². The predicted octanol–water partition coefficient (Wildman–Crippen LogP) is 3.84. The van der Waals surface area contributed by atoms with Gasteiger partial charge in [-0.1, -0.05) is 68.1 Å². The smallest absolute Gasteiger partial charge is 0.249 e. The minimum Gasteiger partial charge on any atom is -0.376 e. The van der Waals surface area contributed by atoms with E-state index in [1.165, 1.54) is 0 Å². The van der Waals surface area contributed by atoms with Crippen LogP contribution < -0.4 is 10.6 Å². The summed E-state index contributed by atoms with van der Waals surface area (Å²) < 4.78 is 7.66. The molecule has 0 aliphatic carbocycles. The summed E-state index contributed by atoms with van der Waals surface area (Å²) >= 11 is 0. The molecular weight excluding hydrogens is 419 g/mol. The minimum absolute atomic E-state index is 0.0213. The van der Waals surface area contributed by atoms with E-state index in [0.717, 1.165) is 22.1 Å². The highest BCUT2D eigenvalue weighted by Crippen LogP contribution is 2.23. The molecule has 1 heterocycles. The molecule has 6 nitrogen and oxygen atoms in total. The van der Waals surface area contributed by atoms with E-state index in [0.29, 0.717) is 19.0 Å². The summed E-state index contributed by atoms with van der Waals surface area (Å²) in [5.41, 5.74) is 2.86. The molecule has 3 rings (SSSR count). The van der Waals surface area contributed by atoms with Crippen LogP contribution in [-0.2, 0) is 16.1 Å². The van der Waals surface area contributed by atoms with E-state index in [1.807, 2.05) is 65.4 Å². The normalized spacial score (nSPS) is 12.8. The maximum absolute atomic E-state index is 12.9. The summed E-state index contributed by atoms with van der Waals surface area (Å²) in [4.78, 5) is 19.0. The van der Waals surface area contributed by atoms with Gasteiger partial charge < -0.3 is 19.5 Å². The number of likely N-dealkylation sites (N-methyl/N-ethyl adjacent to an activating group) is 1. The van der Waals surface area contributed by atoms with Crippen LogP contribution in [0, 0.1) is 5.92 Å². The second kappa shape index (κ2) is 11.1. The Morgan fingerprint density at radius 1 is 1.19 bits per heavy atom. The number of anilines is 1. The van der Waals surface area contributed by atoms with Crippen molar-refractivity contribution in [3.05, 3.63) is 90.5 Å². The Morgan fingerprint density at radius 2 is 1.88 bits per heavy atom. The van der Waals surface area contributed by atoms with Crippen LogP contribution in [0.4, 0.5) is 5.82 Å². The highest BCUT2D eigenvalue weighted by Gasteiger charge is 2.24. The summed E-state index contributed by atoms with van der Waals surface area (Å²) in [7, 11) is 6.18. The average Bonchev–Trinajstić information content (AvgIpc) is 3.23. The molecule has 32 heavy (non-hydrogen) atoms. The number of hydrogen-bond donors (Lipinski definition) is 1. The van der Waals surface area contributed by atoms with Crippen molar-refractivity contribution in [3.63, 3.8) is 0 Å². The Morgan fingerprint density at radius 3 is 2.53 bits per heavy atom. The number of amides is 1. The van der Waals surface area contributed by atoms with Crippen LogP contribution in [0.2, 0.25) is 0 Å². The predicted molar refractivity (Wildman–Crippen MR) is 133 cm³/mol. The van der Waals surface area contributed by atoms with Gasteiger partial charge in [-0.2, -0.15) is 0 Å². The van der Waals surface area contributed by atoms with Crippen LogP contribution in [0.5, 0.6) is 0 Å². The van der Waals surface area contributed by atoms with Gasteiger partial charge in [0.2, 0.25) is 5.91 Å². The molecule has 168 valence electrons. The van der Waals surface area contributed by atoms with E-state index in [-0.39, 0.29) is 11.8 Å². The maximum Gasteiger partial charge on any atom is 0.249 e. The highest BCUT2D eigenvalue weighted by atomic mass is 31.0. The topological polar surface area (TPSA) is 59.4 Å². The molecule has 3 unspecified atom stereocenters. The minimum atomic E-state index is -0.487. The molecule has 0 saturated carbocycles. The zero-order valence-electron chi connectivity index (χ0n) is 18.9. The largest absolute Gasteiger partial charge is 0.376 e. The Hall–Kier alpha value is -2.95. The Kier molecular flexibility index (Phi) is 8.20. The SMILES string of the molecule is C=C(Nc1cn(C(C(=O)N(C)C)c2ccc(P)cc2)cn1)C(C)COCc1ccccc1. The van der Waals surface area contributed by atoms with E-state index in [2.05, 4.69) is 33.0 Å². The van der Waals surface area contributed by atoms with Crippen molar-refractivity contribution in [2.45, 2.75) is 19.6 Å². The van der Waals surface area contributed by atoms with Gasteiger partial charge in [0, 0.05) is 31.9 Å². The first-order valence-electron chi connectivity index (χ1n) is 10.5. The van der Waals surface area contributed by atoms with Crippen LogP contribution in [0.3, 0.4) is 0 Å². The average molecular weight is 451 g/mol. The van der Waals surface area contributed by atoms with Crippen LogP contribution in [-0.4, -0.2) is 41.1 Å². The fourth-order valence-electron chi connectivity index (χ4n) is 3.22. The van der Waals surface area contributed by atoms with Gasteiger partial charge in [-0.25, -0.2) is 4.98 Å². The van der Waals surface area contributed by atoms with E-state index in [1.54, 1.807) is 25.3 Å². The molecule has 0 fully saturated rings. The number of carbonyl (C=O) groups is 1.